The van der Waals surface area contributed by atoms with Crippen molar-refractivity contribution in [1.29, 1.82) is 0 Å². The summed E-state index contributed by atoms with van der Waals surface area (Å²) in [6.07, 6.45) is 6.18. The number of halogens is 1. The molecule has 0 aliphatic heterocycles. The molecule has 1 aliphatic rings. The fourth-order valence-electron chi connectivity index (χ4n) is 2.77. The summed E-state index contributed by atoms with van der Waals surface area (Å²) in [5.41, 5.74) is 7.67. The molecule has 0 saturated heterocycles. The smallest absolute Gasteiger partial charge is 0.220 e. The van der Waals surface area contributed by atoms with Crippen molar-refractivity contribution in [2.45, 2.75) is 30.1 Å². The minimum Gasteiger partial charge on any atom is -0.368 e. The topological polar surface area (TPSA) is 64.7 Å². The number of nitrogens with two attached hydrogens (primary N) is 1. The molecule has 2 N–H and O–H groups in total. The van der Waals surface area contributed by atoms with Crippen LogP contribution in [0.3, 0.4) is 0 Å². The molecule has 0 bridgehead atoms. The van der Waals surface area contributed by atoms with Crippen molar-refractivity contribution in [3.8, 4) is 0 Å². The summed E-state index contributed by atoms with van der Waals surface area (Å²) in [6, 6.07) is 7.91. The minimum absolute atomic E-state index is 0.00549. The van der Waals surface area contributed by atoms with Gasteiger partial charge in [-0.3, -0.25) is 4.98 Å². The van der Waals surface area contributed by atoms with Gasteiger partial charge in [-0.15, -0.1) is 11.6 Å². The first-order chi connectivity index (χ1) is 9.18. The van der Waals surface area contributed by atoms with Gasteiger partial charge in [0.2, 0.25) is 5.95 Å². The number of pyridine rings is 1. The number of anilines is 1. The third kappa shape index (κ3) is 2.40. The van der Waals surface area contributed by atoms with E-state index in [4.69, 9.17) is 17.3 Å². The summed E-state index contributed by atoms with van der Waals surface area (Å²) in [7, 11) is 0. The quantitative estimate of drug-likeness (QED) is 0.873. The summed E-state index contributed by atoms with van der Waals surface area (Å²) in [6.45, 7) is 0. The van der Waals surface area contributed by atoms with Gasteiger partial charge in [0.15, 0.2) is 0 Å². The van der Waals surface area contributed by atoms with Crippen molar-refractivity contribution in [1.82, 2.24) is 15.0 Å². The van der Waals surface area contributed by atoms with Crippen LogP contribution in [0.25, 0.3) is 0 Å². The molecule has 0 unspecified atom stereocenters. The average molecular weight is 275 g/mol. The summed E-state index contributed by atoms with van der Waals surface area (Å²) < 4.78 is 0. The Morgan fingerprint density at radius 3 is 2.68 bits per heavy atom. The second-order valence-corrected chi connectivity index (χ2v) is 5.70. The Labute approximate surface area is 117 Å². The molecule has 5 heteroatoms. The lowest BCUT2D eigenvalue weighted by Crippen LogP contribution is -2.44. The Balaban J connectivity index is 1.90. The van der Waals surface area contributed by atoms with Gasteiger partial charge in [0.05, 0.1) is 0 Å². The lowest BCUT2D eigenvalue weighted by Gasteiger charge is -2.44. The molecule has 0 atom stereocenters. The molecule has 2 aromatic rings. The number of nitrogens with zero attached hydrogens (tertiary/aromatic N) is 3. The number of alkyl halides is 1. The van der Waals surface area contributed by atoms with E-state index >= 15 is 0 Å². The molecule has 0 aromatic carbocycles. The van der Waals surface area contributed by atoms with Gasteiger partial charge in [-0.1, -0.05) is 6.07 Å². The Kier molecular flexibility index (Phi) is 3.11. The second-order valence-electron chi connectivity index (χ2n) is 5.08. The first-order valence-corrected chi connectivity index (χ1v) is 6.75. The maximum atomic E-state index is 6.20. The summed E-state index contributed by atoms with van der Waals surface area (Å²) >= 11 is 6.20. The van der Waals surface area contributed by atoms with E-state index in [0.717, 1.165) is 30.7 Å². The second kappa shape index (κ2) is 4.78. The molecular formula is C14H15ClN4. The molecule has 1 saturated carbocycles. The Morgan fingerprint density at radius 2 is 2.05 bits per heavy atom. The molecule has 19 heavy (non-hydrogen) atoms. The number of hydrogen-bond donors (Lipinski definition) is 1. The first-order valence-electron chi connectivity index (χ1n) is 6.31. The van der Waals surface area contributed by atoms with E-state index in [-0.39, 0.29) is 10.8 Å². The zero-order valence-electron chi connectivity index (χ0n) is 10.5. The van der Waals surface area contributed by atoms with E-state index in [1.165, 1.54) is 0 Å². The Morgan fingerprint density at radius 1 is 1.21 bits per heavy atom. The van der Waals surface area contributed by atoms with Gasteiger partial charge in [-0.25, -0.2) is 9.97 Å². The highest BCUT2D eigenvalue weighted by Gasteiger charge is 2.46. The molecule has 4 nitrogen and oxygen atoms in total. The predicted molar refractivity (Wildman–Crippen MR) is 74.9 cm³/mol. The van der Waals surface area contributed by atoms with Crippen molar-refractivity contribution in [3.05, 3.63) is 48.0 Å². The van der Waals surface area contributed by atoms with Crippen molar-refractivity contribution in [2.75, 3.05) is 5.73 Å². The standard InChI is InChI=1S/C14H15ClN4/c15-10-7-14(8-10,12-3-1-2-5-17-12)9-11-4-6-18-13(16)19-11/h1-6,10H,7-9H2,(H2,16,18,19). The first kappa shape index (κ1) is 12.4. The van der Waals surface area contributed by atoms with Crippen LogP contribution < -0.4 is 5.73 Å². The van der Waals surface area contributed by atoms with E-state index in [2.05, 4.69) is 21.0 Å². The number of aromatic nitrogens is 3. The van der Waals surface area contributed by atoms with Crippen LogP contribution in [0.2, 0.25) is 0 Å². The molecular weight excluding hydrogens is 260 g/mol. The van der Waals surface area contributed by atoms with Crippen LogP contribution in [0.5, 0.6) is 0 Å². The lowest BCUT2D eigenvalue weighted by atomic mass is 9.63. The van der Waals surface area contributed by atoms with Crippen LogP contribution in [0.4, 0.5) is 5.95 Å². The van der Waals surface area contributed by atoms with Gasteiger partial charge in [0, 0.05) is 41.0 Å². The van der Waals surface area contributed by atoms with E-state index in [1.807, 2.05) is 24.4 Å². The van der Waals surface area contributed by atoms with Crippen LogP contribution in [-0.2, 0) is 11.8 Å². The molecule has 1 aliphatic carbocycles. The van der Waals surface area contributed by atoms with Gasteiger partial charge < -0.3 is 5.73 Å². The maximum absolute atomic E-state index is 6.20. The van der Waals surface area contributed by atoms with Crippen LogP contribution in [-0.4, -0.2) is 20.3 Å². The fourth-order valence-corrected chi connectivity index (χ4v) is 3.36. The Hall–Kier alpha value is -1.68. The molecule has 1 fully saturated rings. The fraction of sp³-hybridized carbons (Fsp3) is 0.357. The van der Waals surface area contributed by atoms with E-state index in [9.17, 15) is 0 Å². The summed E-state index contributed by atoms with van der Waals surface area (Å²) in [4.78, 5) is 12.7. The summed E-state index contributed by atoms with van der Waals surface area (Å²) in [5.74, 6) is 0.315. The minimum atomic E-state index is -0.00549. The van der Waals surface area contributed by atoms with Gasteiger partial charge in [0.1, 0.15) is 0 Å². The highest BCUT2D eigenvalue weighted by atomic mass is 35.5. The maximum Gasteiger partial charge on any atom is 0.220 e. The van der Waals surface area contributed by atoms with Gasteiger partial charge in [0.25, 0.3) is 0 Å². The molecule has 2 aromatic heterocycles. The van der Waals surface area contributed by atoms with Crippen molar-refractivity contribution in [3.63, 3.8) is 0 Å². The van der Waals surface area contributed by atoms with Crippen LogP contribution >= 0.6 is 11.6 Å². The lowest BCUT2D eigenvalue weighted by molar-refractivity contribution is 0.239. The predicted octanol–water partition coefficient (Wildman–Crippen LogP) is 2.34. The molecule has 98 valence electrons. The van der Waals surface area contributed by atoms with E-state index < -0.39 is 0 Å². The highest BCUT2D eigenvalue weighted by Crippen LogP contribution is 2.47. The van der Waals surface area contributed by atoms with E-state index in [0.29, 0.717) is 5.95 Å². The normalized spacial score (nSPS) is 25.8. The van der Waals surface area contributed by atoms with Crippen LogP contribution in [0.1, 0.15) is 24.2 Å². The average Bonchev–Trinajstić information content (AvgIpc) is 2.38. The SMILES string of the molecule is Nc1nccc(CC2(c3ccccn3)CC(Cl)C2)n1. The van der Waals surface area contributed by atoms with Crippen molar-refractivity contribution >= 4 is 17.5 Å². The van der Waals surface area contributed by atoms with E-state index in [1.54, 1.807) is 6.20 Å². The zero-order valence-corrected chi connectivity index (χ0v) is 11.2. The van der Waals surface area contributed by atoms with Gasteiger partial charge in [-0.05, 0) is 31.0 Å². The number of nitrogen functional groups attached to an aromatic ring is 1. The molecule has 0 radical (unpaired) electrons. The van der Waals surface area contributed by atoms with Crippen molar-refractivity contribution < 1.29 is 0 Å². The molecule has 0 amide bonds. The third-order valence-corrected chi connectivity index (χ3v) is 3.99. The number of hydrogen-bond acceptors (Lipinski definition) is 4. The summed E-state index contributed by atoms with van der Waals surface area (Å²) in [5, 5.41) is 0.223. The third-order valence-electron chi connectivity index (χ3n) is 3.68. The van der Waals surface area contributed by atoms with Crippen LogP contribution in [0.15, 0.2) is 36.7 Å². The molecule has 2 heterocycles. The highest BCUT2D eigenvalue weighted by molar-refractivity contribution is 6.21. The number of rotatable bonds is 3. The van der Waals surface area contributed by atoms with Gasteiger partial charge in [-0.2, -0.15) is 0 Å². The van der Waals surface area contributed by atoms with Crippen LogP contribution in [0, 0.1) is 0 Å². The zero-order chi connectivity index (χ0) is 13.3. The monoisotopic (exact) mass is 274 g/mol. The Bertz CT molecular complexity index is 567. The molecule has 3 rings (SSSR count). The molecule has 0 spiro atoms. The largest absolute Gasteiger partial charge is 0.368 e. The van der Waals surface area contributed by atoms with Crippen molar-refractivity contribution in [2.24, 2.45) is 0 Å². The van der Waals surface area contributed by atoms with Gasteiger partial charge >= 0.3 is 0 Å².